The van der Waals surface area contributed by atoms with Crippen molar-refractivity contribution in [2.75, 3.05) is 13.1 Å². The summed E-state index contributed by atoms with van der Waals surface area (Å²) in [7, 11) is 0. The van der Waals surface area contributed by atoms with Gasteiger partial charge in [0.1, 0.15) is 6.04 Å². The van der Waals surface area contributed by atoms with E-state index in [9.17, 15) is 9.59 Å². The minimum Gasteiger partial charge on any atom is -0.344 e. The second-order valence-electron chi connectivity index (χ2n) is 6.66. The zero-order valence-electron chi connectivity index (χ0n) is 14.3. The predicted molar refractivity (Wildman–Crippen MR) is 92.0 cm³/mol. The Morgan fingerprint density at radius 2 is 1.78 bits per heavy atom. The molecule has 1 aliphatic rings. The van der Waals surface area contributed by atoms with Crippen molar-refractivity contribution in [2.45, 2.75) is 52.0 Å². The van der Waals surface area contributed by atoms with Crippen molar-refractivity contribution < 1.29 is 9.59 Å². The first-order valence-electron chi connectivity index (χ1n) is 8.70. The Morgan fingerprint density at radius 1 is 1.13 bits per heavy atom. The Kier molecular flexibility index (Phi) is 6.63. The van der Waals surface area contributed by atoms with E-state index in [-0.39, 0.29) is 17.7 Å². The van der Waals surface area contributed by atoms with Crippen molar-refractivity contribution in [1.82, 2.24) is 10.2 Å². The van der Waals surface area contributed by atoms with Crippen LogP contribution in [0.15, 0.2) is 30.3 Å². The molecule has 4 heteroatoms. The molecule has 1 atom stereocenters. The molecular weight excluding hydrogens is 288 g/mol. The first-order chi connectivity index (χ1) is 11.1. The van der Waals surface area contributed by atoms with Crippen LogP contribution in [0.3, 0.4) is 0 Å². The quantitative estimate of drug-likeness (QED) is 0.841. The van der Waals surface area contributed by atoms with Crippen LogP contribution in [0.5, 0.6) is 0 Å². The van der Waals surface area contributed by atoms with Crippen molar-refractivity contribution >= 4 is 11.8 Å². The maximum atomic E-state index is 12.5. The number of carbonyl (C=O) groups is 2. The van der Waals surface area contributed by atoms with E-state index in [0.29, 0.717) is 6.42 Å². The van der Waals surface area contributed by atoms with Gasteiger partial charge in [0.2, 0.25) is 11.8 Å². The van der Waals surface area contributed by atoms with E-state index >= 15 is 0 Å². The SMILES string of the molecule is CC(C)[C@H](NC(=O)CCCc1ccccc1)C(=O)N1CCCC1. The third-order valence-corrected chi connectivity index (χ3v) is 4.38. The molecule has 23 heavy (non-hydrogen) atoms. The van der Waals surface area contributed by atoms with Gasteiger partial charge in [0, 0.05) is 19.5 Å². The minimum absolute atomic E-state index is 0.0211. The molecule has 1 saturated heterocycles. The van der Waals surface area contributed by atoms with Crippen molar-refractivity contribution in [3.63, 3.8) is 0 Å². The molecule has 2 amide bonds. The Hall–Kier alpha value is -1.84. The number of hydrogen-bond donors (Lipinski definition) is 1. The summed E-state index contributed by atoms with van der Waals surface area (Å²) in [6, 6.07) is 9.78. The van der Waals surface area contributed by atoms with E-state index in [1.807, 2.05) is 36.9 Å². The Labute approximate surface area is 139 Å². The maximum absolute atomic E-state index is 12.5. The molecule has 1 heterocycles. The van der Waals surface area contributed by atoms with Crippen LogP contribution in [0.4, 0.5) is 0 Å². The standard InChI is InChI=1S/C19H28N2O2/c1-15(2)18(19(23)21-13-6-7-14-21)20-17(22)12-8-11-16-9-4-3-5-10-16/h3-5,9-10,15,18H,6-8,11-14H2,1-2H3,(H,20,22)/t18-/m0/s1. The molecule has 0 saturated carbocycles. The monoisotopic (exact) mass is 316 g/mol. The fourth-order valence-electron chi connectivity index (χ4n) is 2.99. The lowest BCUT2D eigenvalue weighted by atomic mass is 10.0. The van der Waals surface area contributed by atoms with Gasteiger partial charge in [-0.2, -0.15) is 0 Å². The van der Waals surface area contributed by atoms with Gasteiger partial charge in [-0.3, -0.25) is 9.59 Å². The highest BCUT2D eigenvalue weighted by molar-refractivity contribution is 5.88. The maximum Gasteiger partial charge on any atom is 0.245 e. The summed E-state index contributed by atoms with van der Waals surface area (Å²) in [4.78, 5) is 26.6. The molecule has 1 fully saturated rings. The summed E-state index contributed by atoms with van der Waals surface area (Å²) in [5, 5.41) is 2.95. The van der Waals surface area contributed by atoms with E-state index in [4.69, 9.17) is 0 Å². The second-order valence-corrected chi connectivity index (χ2v) is 6.66. The van der Waals surface area contributed by atoms with E-state index in [0.717, 1.165) is 38.8 Å². The number of hydrogen-bond acceptors (Lipinski definition) is 2. The fourth-order valence-corrected chi connectivity index (χ4v) is 2.99. The van der Waals surface area contributed by atoms with Gasteiger partial charge in [0.15, 0.2) is 0 Å². The molecule has 1 N–H and O–H groups in total. The number of nitrogens with one attached hydrogen (secondary N) is 1. The molecule has 0 aliphatic carbocycles. The van der Waals surface area contributed by atoms with E-state index in [1.165, 1.54) is 5.56 Å². The third-order valence-electron chi connectivity index (χ3n) is 4.38. The molecule has 1 aromatic rings. The van der Waals surface area contributed by atoms with E-state index in [1.54, 1.807) is 0 Å². The number of likely N-dealkylation sites (tertiary alicyclic amines) is 1. The molecule has 2 rings (SSSR count). The lowest BCUT2D eigenvalue weighted by Gasteiger charge is -2.26. The van der Waals surface area contributed by atoms with Gasteiger partial charge in [-0.25, -0.2) is 0 Å². The van der Waals surface area contributed by atoms with Crippen LogP contribution < -0.4 is 5.32 Å². The van der Waals surface area contributed by atoms with Crippen LogP contribution in [0.25, 0.3) is 0 Å². The van der Waals surface area contributed by atoms with Crippen LogP contribution in [0.2, 0.25) is 0 Å². The Bertz CT molecular complexity index is 507. The second kappa shape index (κ2) is 8.70. The van der Waals surface area contributed by atoms with Crippen LogP contribution in [-0.2, 0) is 16.0 Å². The zero-order chi connectivity index (χ0) is 16.7. The van der Waals surface area contributed by atoms with Crippen molar-refractivity contribution in [3.8, 4) is 0 Å². The highest BCUT2D eigenvalue weighted by atomic mass is 16.2. The molecule has 1 aromatic carbocycles. The topological polar surface area (TPSA) is 49.4 Å². The van der Waals surface area contributed by atoms with Crippen LogP contribution in [0.1, 0.15) is 45.1 Å². The van der Waals surface area contributed by atoms with Gasteiger partial charge in [0.25, 0.3) is 0 Å². The van der Waals surface area contributed by atoms with E-state index < -0.39 is 6.04 Å². The normalized spacial score (nSPS) is 15.7. The first-order valence-corrected chi connectivity index (χ1v) is 8.70. The van der Waals surface area contributed by atoms with Crippen molar-refractivity contribution in [2.24, 2.45) is 5.92 Å². The highest BCUT2D eigenvalue weighted by Gasteiger charge is 2.29. The van der Waals surface area contributed by atoms with Crippen LogP contribution in [0, 0.1) is 5.92 Å². The summed E-state index contributed by atoms with van der Waals surface area (Å²) in [5.41, 5.74) is 1.24. The number of nitrogens with zero attached hydrogens (tertiary/aromatic N) is 1. The molecule has 0 radical (unpaired) electrons. The van der Waals surface area contributed by atoms with Gasteiger partial charge in [-0.1, -0.05) is 44.2 Å². The van der Waals surface area contributed by atoms with E-state index in [2.05, 4.69) is 17.4 Å². The van der Waals surface area contributed by atoms with Gasteiger partial charge in [-0.05, 0) is 37.2 Å². The first kappa shape index (κ1) is 17.5. The molecule has 0 aromatic heterocycles. The van der Waals surface area contributed by atoms with Crippen LogP contribution in [-0.4, -0.2) is 35.8 Å². The van der Waals surface area contributed by atoms with Crippen molar-refractivity contribution in [1.29, 1.82) is 0 Å². The number of aryl methyl sites for hydroxylation is 1. The van der Waals surface area contributed by atoms with Gasteiger partial charge >= 0.3 is 0 Å². The summed E-state index contributed by atoms with van der Waals surface area (Å²) < 4.78 is 0. The van der Waals surface area contributed by atoms with Gasteiger partial charge < -0.3 is 10.2 Å². The average Bonchev–Trinajstić information content (AvgIpc) is 3.07. The summed E-state index contributed by atoms with van der Waals surface area (Å²) >= 11 is 0. The fraction of sp³-hybridized carbons (Fsp3) is 0.579. The number of rotatable bonds is 7. The molecular formula is C19H28N2O2. The zero-order valence-corrected chi connectivity index (χ0v) is 14.3. The summed E-state index contributed by atoms with van der Waals surface area (Å²) in [5.74, 6) is 0.169. The molecule has 4 nitrogen and oxygen atoms in total. The number of benzene rings is 1. The average molecular weight is 316 g/mol. The lowest BCUT2D eigenvalue weighted by Crippen LogP contribution is -2.50. The van der Waals surface area contributed by atoms with Gasteiger partial charge in [-0.15, -0.1) is 0 Å². The molecule has 1 aliphatic heterocycles. The predicted octanol–water partition coefficient (Wildman–Crippen LogP) is 2.77. The Balaban J connectivity index is 1.79. The smallest absolute Gasteiger partial charge is 0.245 e. The summed E-state index contributed by atoms with van der Waals surface area (Å²) in [6.45, 7) is 5.63. The molecule has 0 unspecified atom stereocenters. The number of amides is 2. The highest BCUT2D eigenvalue weighted by Crippen LogP contribution is 2.13. The van der Waals surface area contributed by atoms with Crippen molar-refractivity contribution in [3.05, 3.63) is 35.9 Å². The minimum atomic E-state index is -0.391. The Morgan fingerprint density at radius 3 is 2.39 bits per heavy atom. The van der Waals surface area contributed by atoms with Crippen LogP contribution >= 0.6 is 0 Å². The number of carbonyl (C=O) groups excluding carboxylic acids is 2. The molecule has 0 spiro atoms. The molecule has 0 bridgehead atoms. The largest absolute Gasteiger partial charge is 0.344 e. The summed E-state index contributed by atoms with van der Waals surface area (Å²) in [6.07, 6.45) is 4.30. The molecule has 126 valence electrons. The third kappa shape index (κ3) is 5.38. The lowest BCUT2D eigenvalue weighted by molar-refractivity contribution is -0.136. The van der Waals surface area contributed by atoms with Gasteiger partial charge in [0.05, 0.1) is 0 Å².